The van der Waals surface area contributed by atoms with Crippen LogP contribution >= 0.6 is 0 Å². The molecule has 0 aliphatic carbocycles. The number of benzene rings is 1. The molecule has 1 rings (SSSR count). The molecule has 1 N–H and O–H groups in total. The minimum atomic E-state index is -0.378. The van der Waals surface area contributed by atoms with Gasteiger partial charge in [-0.2, -0.15) is 0 Å². The summed E-state index contributed by atoms with van der Waals surface area (Å²) >= 11 is 0. The van der Waals surface area contributed by atoms with E-state index in [1.165, 1.54) is 6.92 Å². The van der Waals surface area contributed by atoms with Crippen LogP contribution in [0.25, 0.3) is 0 Å². The first kappa shape index (κ1) is 15.2. The van der Waals surface area contributed by atoms with E-state index >= 15 is 0 Å². The summed E-state index contributed by atoms with van der Waals surface area (Å²) in [5, 5.41) is 2.27. The van der Waals surface area contributed by atoms with Gasteiger partial charge in [0.1, 0.15) is 12.4 Å². The van der Waals surface area contributed by atoms with Crippen molar-refractivity contribution in [2.75, 3.05) is 20.3 Å². The molecule has 5 nitrogen and oxygen atoms in total. The fraction of sp³-hybridized carbons (Fsp3) is 0.429. The van der Waals surface area contributed by atoms with Crippen molar-refractivity contribution in [2.45, 2.75) is 19.8 Å². The van der Waals surface area contributed by atoms with Crippen LogP contribution in [-0.4, -0.2) is 32.1 Å². The second-order valence-corrected chi connectivity index (χ2v) is 4.18. The summed E-state index contributed by atoms with van der Waals surface area (Å²) in [6, 6.07) is 7.21. The van der Waals surface area contributed by atoms with Crippen molar-refractivity contribution in [3.63, 3.8) is 0 Å². The highest BCUT2D eigenvalue weighted by Gasteiger charge is 2.15. The minimum Gasteiger partial charge on any atom is -0.491 e. The molecule has 5 heteroatoms. The Kier molecular flexibility index (Phi) is 6.02. The number of rotatable bonds is 6. The first-order chi connectivity index (χ1) is 9.04. The smallest absolute Gasteiger partial charge is 0.233 e. The van der Waals surface area contributed by atoms with Crippen molar-refractivity contribution < 1.29 is 19.1 Å². The van der Waals surface area contributed by atoms with E-state index in [0.717, 1.165) is 11.3 Å². The van der Waals surface area contributed by atoms with Crippen molar-refractivity contribution in [1.82, 2.24) is 5.32 Å². The van der Waals surface area contributed by atoms with Gasteiger partial charge in [0.15, 0.2) is 0 Å². The lowest BCUT2D eigenvalue weighted by molar-refractivity contribution is -0.129. The Labute approximate surface area is 112 Å². The molecule has 0 bridgehead atoms. The molecule has 2 amide bonds. The molecular weight excluding hydrogens is 246 g/mol. The topological polar surface area (TPSA) is 64.6 Å². The average molecular weight is 265 g/mol. The maximum absolute atomic E-state index is 11.7. The van der Waals surface area contributed by atoms with Crippen LogP contribution < -0.4 is 10.1 Å². The number of carbonyl (C=O) groups is 2. The molecule has 104 valence electrons. The standard InChI is InChI=1S/C14H19NO4/c1-10(14(17)15-11(2)16)12-4-6-13(7-5-12)19-9-8-18-3/h4-7,10H,8-9H2,1-3H3,(H,15,16,17). The molecule has 0 aromatic heterocycles. The summed E-state index contributed by atoms with van der Waals surface area (Å²) in [6.07, 6.45) is 0. The van der Waals surface area contributed by atoms with Gasteiger partial charge in [0, 0.05) is 14.0 Å². The van der Waals surface area contributed by atoms with Crippen LogP contribution in [0.4, 0.5) is 0 Å². The summed E-state index contributed by atoms with van der Waals surface area (Å²) in [5.41, 5.74) is 0.831. The molecule has 0 saturated heterocycles. The first-order valence-corrected chi connectivity index (χ1v) is 6.07. The van der Waals surface area contributed by atoms with Crippen LogP contribution in [0.15, 0.2) is 24.3 Å². The highest BCUT2D eigenvalue weighted by atomic mass is 16.5. The van der Waals surface area contributed by atoms with Gasteiger partial charge in [-0.1, -0.05) is 12.1 Å². The van der Waals surface area contributed by atoms with Gasteiger partial charge >= 0.3 is 0 Å². The summed E-state index contributed by atoms with van der Waals surface area (Å²) in [5.74, 6) is -0.311. The van der Waals surface area contributed by atoms with E-state index in [1.807, 2.05) is 12.1 Å². The molecule has 0 aliphatic rings. The van der Waals surface area contributed by atoms with Crippen molar-refractivity contribution >= 4 is 11.8 Å². The molecule has 0 radical (unpaired) electrons. The zero-order valence-electron chi connectivity index (χ0n) is 11.4. The van der Waals surface area contributed by atoms with Crippen molar-refractivity contribution in [2.24, 2.45) is 0 Å². The van der Waals surface area contributed by atoms with E-state index in [1.54, 1.807) is 26.2 Å². The van der Waals surface area contributed by atoms with Crippen LogP contribution in [0.3, 0.4) is 0 Å². The number of methoxy groups -OCH3 is 1. The van der Waals surface area contributed by atoms with E-state index in [9.17, 15) is 9.59 Å². The summed E-state index contributed by atoms with van der Waals surface area (Å²) in [7, 11) is 1.61. The SMILES string of the molecule is COCCOc1ccc(C(C)C(=O)NC(C)=O)cc1. The van der Waals surface area contributed by atoms with Gasteiger partial charge in [-0.3, -0.25) is 14.9 Å². The van der Waals surface area contributed by atoms with Crippen LogP contribution in [0, 0.1) is 0 Å². The molecule has 0 fully saturated rings. The maximum atomic E-state index is 11.7. The first-order valence-electron chi connectivity index (χ1n) is 6.07. The fourth-order valence-corrected chi connectivity index (χ4v) is 1.53. The van der Waals surface area contributed by atoms with Crippen molar-refractivity contribution in [1.29, 1.82) is 0 Å². The second kappa shape index (κ2) is 7.53. The van der Waals surface area contributed by atoms with Gasteiger partial charge in [0.25, 0.3) is 0 Å². The van der Waals surface area contributed by atoms with Crippen LogP contribution in [0.5, 0.6) is 5.75 Å². The Morgan fingerprint density at radius 1 is 1.21 bits per heavy atom. The quantitative estimate of drug-likeness (QED) is 0.791. The van der Waals surface area contributed by atoms with Gasteiger partial charge in [0.2, 0.25) is 11.8 Å². The predicted octanol–water partition coefficient (Wildman–Crippen LogP) is 1.48. The van der Waals surface area contributed by atoms with Gasteiger partial charge in [0.05, 0.1) is 12.5 Å². The molecule has 1 aromatic rings. The summed E-state index contributed by atoms with van der Waals surface area (Å²) in [6.45, 7) is 4.08. The monoisotopic (exact) mass is 265 g/mol. The Hall–Kier alpha value is -1.88. The van der Waals surface area contributed by atoms with Gasteiger partial charge < -0.3 is 9.47 Å². The van der Waals surface area contributed by atoms with Crippen molar-refractivity contribution in [3.8, 4) is 5.75 Å². The summed E-state index contributed by atoms with van der Waals surface area (Å²) in [4.78, 5) is 22.5. The molecule has 1 atom stereocenters. The average Bonchev–Trinajstić information content (AvgIpc) is 2.38. The minimum absolute atomic E-state index is 0.305. The lowest BCUT2D eigenvalue weighted by Crippen LogP contribution is -2.31. The normalized spacial score (nSPS) is 11.7. The Morgan fingerprint density at radius 2 is 1.84 bits per heavy atom. The number of ether oxygens (including phenoxy) is 2. The fourth-order valence-electron chi connectivity index (χ4n) is 1.53. The third-order valence-corrected chi connectivity index (χ3v) is 2.63. The Morgan fingerprint density at radius 3 is 2.37 bits per heavy atom. The molecule has 0 heterocycles. The third-order valence-electron chi connectivity index (χ3n) is 2.63. The van der Waals surface area contributed by atoms with Gasteiger partial charge in [-0.05, 0) is 24.6 Å². The molecule has 1 aromatic carbocycles. The Balaban J connectivity index is 2.59. The Bertz CT molecular complexity index is 428. The van der Waals surface area contributed by atoms with E-state index < -0.39 is 0 Å². The van der Waals surface area contributed by atoms with Crippen molar-refractivity contribution in [3.05, 3.63) is 29.8 Å². The van der Waals surface area contributed by atoms with Crippen LogP contribution in [0.2, 0.25) is 0 Å². The van der Waals surface area contributed by atoms with E-state index in [2.05, 4.69) is 5.32 Å². The van der Waals surface area contributed by atoms with E-state index in [-0.39, 0.29) is 17.7 Å². The molecule has 0 aliphatic heterocycles. The predicted molar refractivity (Wildman–Crippen MR) is 71.1 cm³/mol. The highest BCUT2D eigenvalue weighted by molar-refractivity contribution is 5.97. The van der Waals surface area contributed by atoms with Crippen LogP contribution in [-0.2, 0) is 14.3 Å². The number of amides is 2. The summed E-state index contributed by atoms with van der Waals surface area (Å²) < 4.78 is 10.3. The zero-order chi connectivity index (χ0) is 14.3. The number of hydrogen-bond acceptors (Lipinski definition) is 4. The van der Waals surface area contributed by atoms with E-state index in [4.69, 9.17) is 9.47 Å². The van der Waals surface area contributed by atoms with Gasteiger partial charge in [-0.15, -0.1) is 0 Å². The second-order valence-electron chi connectivity index (χ2n) is 4.18. The lowest BCUT2D eigenvalue weighted by atomic mass is 10.0. The maximum Gasteiger partial charge on any atom is 0.233 e. The molecule has 0 saturated carbocycles. The van der Waals surface area contributed by atoms with E-state index in [0.29, 0.717) is 13.2 Å². The lowest BCUT2D eigenvalue weighted by Gasteiger charge is -2.12. The van der Waals surface area contributed by atoms with Crippen LogP contribution in [0.1, 0.15) is 25.3 Å². The molecule has 19 heavy (non-hydrogen) atoms. The number of nitrogens with one attached hydrogen (secondary N) is 1. The third kappa shape index (κ3) is 5.09. The van der Waals surface area contributed by atoms with Gasteiger partial charge in [-0.25, -0.2) is 0 Å². The molecule has 0 spiro atoms. The zero-order valence-corrected chi connectivity index (χ0v) is 11.4. The number of imide groups is 1. The largest absolute Gasteiger partial charge is 0.491 e. The number of carbonyl (C=O) groups excluding carboxylic acids is 2. The number of hydrogen-bond donors (Lipinski definition) is 1. The highest BCUT2D eigenvalue weighted by Crippen LogP contribution is 2.19. The molecular formula is C14H19NO4. The molecule has 1 unspecified atom stereocenters.